The van der Waals surface area contributed by atoms with Gasteiger partial charge in [-0.1, -0.05) is 129 Å². The molecule has 0 unspecified atom stereocenters. The van der Waals surface area contributed by atoms with Gasteiger partial charge in [0.05, 0.1) is 0 Å². The molecule has 0 amide bonds. The van der Waals surface area contributed by atoms with E-state index in [0.717, 1.165) is 0 Å². The topological polar surface area (TPSA) is 47.0 Å². The summed E-state index contributed by atoms with van der Waals surface area (Å²) in [6.07, 6.45) is 28.8. The fourth-order valence-corrected chi connectivity index (χ4v) is 3.60. The quantitative estimate of drug-likeness (QED) is 0.164. The van der Waals surface area contributed by atoms with Crippen molar-refractivity contribution in [3.8, 4) is 0 Å². The Labute approximate surface area is 191 Å². The SMILES string of the molecule is CCCCCCCCCCCCCCCCCCNCCCCCC.Cl.Cl.N. The Morgan fingerprint density at radius 2 is 0.571 bits per heavy atom. The summed E-state index contributed by atoms with van der Waals surface area (Å²) in [5, 5.41) is 3.59. The minimum atomic E-state index is 0. The van der Waals surface area contributed by atoms with Gasteiger partial charge in [0.25, 0.3) is 0 Å². The van der Waals surface area contributed by atoms with E-state index in [1.165, 1.54) is 142 Å². The van der Waals surface area contributed by atoms with Gasteiger partial charge in [0.15, 0.2) is 0 Å². The molecular weight excluding hydrogens is 387 g/mol. The molecule has 4 N–H and O–H groups in total. The Morgan fingerprint density at radius 1 is 0.357 bits per heavy atom. The monoisotopic (exact) mass is 442 g/mol. The van der Waals surface area contributed by atoms with Crippen LogP contribution >= 0.6 is 24.8 Å². The van der Waals surface area contributed by atoms with Crippen LogP contribution in [-0.4, -0.2) is 13.1 Å². The van der Waals surface area contributed by atoms with Gasteiger partial charge in [-0.2, -0.15) is 0 Å². The molecule has 176 valence electrons. The zero-order chi connectivity index (χ0) is 18.3. The number of nitrogens with one attached hydrogen (secondary N) is 1. The molecule has 0 saturated heterocycles. The van der Waals surface area contributed by atoms with Crippen molar-refractivity contribution in [2.75, 3.05) is 13.1 Å². The molecule has 28 heavy (non-hydrogen) atoms. The maximum absolute atomic E-state index is 3.59. The van der Waals surface area contributed by atoms with Gasteiger partial charge in [0, 0.05) is 0 Å². The van der Waals surface area contributed by atoms with Crippen LogP contribution in [0, 0.1) is 0 Å². The first-order chi connectivity index (χ1) is 12.4. The van der Waals surface area contributed by atoms with E-state index in [9.17, 15) is 0 Å². The van der Waals surface area contributed by atoms with Gasteiger partial charge in [-0.25, -0.2) is 0 Å². The lowest BCUT2D eigenvalue weighted by molar-refractivity contribution is 0.522. The summed E-state index contributed by atoms with van der Waals surface area (Å²) in [5.41, 5.74) is 0. The van der Waals surface area contributed by atoms with E-state index >= 15 is 0 Å². The second-order valence-corrected chi connectivity index (χ2v) is 8.11. The van der Waals surface area contributed by atoms with Crippen LogP contribution in [0.1, 0.15) is 142 Å². The van der Waals surface area contributed by atoms with Crippen molar-refractivity contribution in [3.05, 3.63) is 0 Å². The van der Waals surface area contributed by atoms with Crippen LogP contribution in [0.4, 0.5) is 0 Å². The smallest absolute Gasteiger partial charge is 0.00489 e. The summed E-state index contributed by atoms with van der Waals surface area (Å²) in [4.78, 5) is 0. The maximum atomic E-state index is 3.59. The molecule has 0 heterocycles. The number of unbranched alkanes of at least 4 members (excludes halogenated alkanes) is 18. The summed E-state index contributed by atoms with van der Waals surface area (Å²) in [5.74, 6) is 0. The predicted molar refractivity (Wildman–Crippen MR) is 136 cm³/mol. The van der Waals surface area contributed by atoms with E-state index in [1.807, 2.05) is 0 Å². The van der Waals surface area contributed by atoms with Gasteiger partial charge in [0.2, 0.25) is 0 Å². The molecule has 0 rings (SSSR count). The van der Waals surface area contributed by atoms with Crippen LogP contribution in [0.15, 0.2) is 0 Å². The number of hydrogen-bond acceptors (Lipinski definition) is 2. The Hall–Kier alpha value is 0.500. The zero-order valence-electron chi connectivity index (χ0n) is 19.6. The molecule has 0 aromatic heterocycles. The lowest BCUT2D eigenvalue weighted by Crippen LogP contribution is -2.16. The van der Waals surface area contributed by atoms with Gasteiger partial charge in [0.1, 0.15) is 0 Å². The van der Waals surface area contributed by atoms with Gasteiger partial charge in [-0.3, -0.25) is 0 Å². The number of rotatable bonds is 22. The molecular formula is C24H56Cl2N2. The summed E-state index contributed by atoms with van der Waals surface area (Å²) in [7, 11) is 0. The maximum Gasteiger partial charge on any atom is -0.00489 e. The standard InChI is InChI=1S/C24H51N.2ClH.H3N/c1-3-5-7-9-10-11-12-13-14-15-16-17-18-19-20-22-24-25-23-21-8-6-4-2;;;/h25H,3-24H2,1-2H3;2*1H;1H3. The second-order valence-electron chi connectivity index (χ2n) is 8.11. The van der Waals surface area contributed by atoms with Crippen LogP contribution < -0.4 is 11.5 Å². The largest absolute Gasteiger partial charge is 0.344 e. The summed E-state index contributed by atoms with van der Waals surface area (Å²) >= 11 is 0. The summed E-state index contributed by atoms with van der Waals surface area (Å²) < 4.78 is 0. The number of halogens is 2. The van der Waals surface area contributed by atoms with Crippen LogP contribution in [-0.2, 0) is 0 Å². The molecule has 0 spiro atoms. The van der Waals surface area contributed by atoms with E-state index in [0.29, 0.717) is 0 Å². The molecule has 0 aromatic carbocycles. The highest BCUT2D eigenvalue weighted by atomic mass is 35.5. The van der Waals surface area contributed by atoms with Crippen molar-refractivity contribution >= 4 is 24.8 Å². The Kier molecular flexibility index (Phi) is 44.8. The molecule has 0 radical (unpaired) electrons. The average molecular weight is 444 g/mol. The predicted octanol–water partition coefficient (Wildman–Crippen LogP) is 9.42. The molecule has 0 aliphatic heterocycles. The van der Waals surface area contributed by atoms with Gasteiger partial charge in [-0.15, -0.1) is 24.8 Å². The first kappa shape index (κ1) is 35.9. The van der Waals surface area contributed by atoms with Gasteiger partial charge >= 0.3 is 0 Å². The van der Waals surface area contributed by atoms with E-state index in [-0.39, 0.29) is 31.0 Å². The fraction of sp³-hybridized carbons (Fsp3) is 1.00. The van der Waals surface area contributed by atoms with Gasteiger partial charge < -0.3 is 11.5 Å². The highest BCUT2D eigenvalue weighted by molar-refractivity contribution is 5.85. The number of hydrogen-bond donors (Lipinski definition) is 2. The Balaban J connectivity index is -0.000000960. The van der Waals surface area contributed by atoms with Crippen LogP contribution in [0.5, 0.6) is 0 Å². The third-order valence-corrected chi connectivity index (χ3v) is 5.41. The van der Waals surface area contributed by atoms with Crippen molar-refractivity contribution in [2.24, 2.45) is 0 Å². The average Bonchev–Trinajstić information content (AvgIpc) is 2.63. The normalized spacial score (nSPS) is 10.1. The van der Waals surface area contributed by atoms with Crippen LogP contribution in [0.2, 0.25) is 0 Å². The first-order valence-corrected chi connectivity index (χ1v) is 12.1. The van der Waals surface area contributed by atoms with E-state index in [4.69, 9.17) is 0 Å². The molecule has 0 saturated carbocycles. The van der Waals surface area contributed by atoms with Crippen LogP contribution in [0.3, 0.4) is 0 Å². The highest BCUT2D eigenvalue weighted by Crippen LogP contribution is 2.13. The zero-order valence-corrected chi connectivity index (χ0v) is 21.2. The third kappa shape index (κ3) is 34.0. The lowest BCUT2D eigenvalue weighted by atomic mass is 10.0. The Morgan fingerprint density at radius 3 is 0.857 bits per heavy atom. The van der Waals surface area contributed by atoms with E-state index in [2.05, 4.69) is 19.2 Å². The lowest BCUT2D eigenvalue weighted by Gasteiger charge is -2.05. The van der Waals surface area contributed by atoms with Crippen LogP contribution in [0.25, 0.3) is 0 Å². The molecule has 2 nitrogen and oxygen atoms in total. The third-order valence-electron chi connectivity index (χ3n) is 5.41. The molecule has 0 aliphatic rings. The molecule has 4 heteroatoms. The van der Waals surface area contributed by atoms with Crippen molar-refractivity contribution in [1.29, 1.82) is 0 Å². The first-order valence-electron chi connectivity index (χ1n) is 12.1. The van der Waals surface area contributed by atoms with Crippen molar-refractivity contribution < 1.29 is 0 Å². The van der Waals surface area contributed by atoms with Gasteiger partial charge in [-0.05, 0) is 25.9 Å². The van der Waals surface area contributed by atoms with Crippen molar-refractivity contribution in [1.82, 2.24) is 11.5 Å². The minimum absolute atomic E-state index is 0. The van der Waals surface area contributed by atoms with Crippen molar-refractivity contribution in [2.45, 2.75) is 142 Å². The molecule has 0 aliphatic carbocycles. The van der Waals surface area contributed by atoms with E-state index in [1.54, 1.807) is 0 Å². The summed E-state index contributed by atoms with van der Waals surface area (Å²) in [6.45, 7) is 7.06. The molecule has 0 bridgehead atoms. The van der Waals surface area contributed by atoms with Crippen molar-refractivity contribution in [3.63, 3.8) is 0 Å². The van der Waals surface area contributed by atoms with E-state index < -0.39 is 0 Å². The summed E-state index contributed by atoms with van der Waals surface area (Å²) in [6, 6.07) is 0. The highest BCUT2D eigenvalue weighted by Gasteiger charge is 1.95. The molecule has 0 fully saturated rings. The minimum Gasteiger partial charge on any atom is -0.344 e. The molecule has 0 aromatic rings. The Bertz CT molecular complexity index is 207. The second kappa shape index (κ2) is 35.0. The molecule has 0 atom stereocenters. The fourth-order valence-electron chi connectivity index (χ4n) is 3.60.